The monoisotopic (exact) mass is 400 g/mol. The van der Waals surface area contributed by atoms with Crippen LogP contribution in [0.2, 0.25) is 0 Å². The van der Waals surface area contributed by atoms with Crippen molar-refractivity contribution in [3.05, 3.63) is 84.7 Å². The summed E-state index contributed by atoms with van der Waals surface area (Å²) in [6.07, 6.45) is 3.27. The number of benzene rings is 2. The summed E-state index contributed by atoms with van der Waals surface area (Å²) in [5.41, 5.74) is 3.25. The molecule has 4 aromatic rings. The number of nitrogens with one attached hydrogen (secondary N) is 1. The van der Waals surface area contributed by atoms with Gasteiger partial charge in [-0.1, -0.05) is 18.2 Å². The van der Waals surface area contributed by atoms with Crippen LogP contribution in [0.3, 0.4) is 0 Å². The molecule has 0 saturated carbocycles. The molecule has 150 valence electrons. The summed E-state index contributed by atoms with van der Waals surface area (Å²) in [6.45, 7) is 0. The van der Waals surface area contributed by atoms with E-state index < -0.39 is 0 Å². The zero-order valence-electron chi connectivity index (χ0n) is 16.6. The Hall–Kier alpha value is -4.13. The average molecular weight is 400 g/mol. The Morgan fingerprint density at radius 1 is 0.933 bits per heavy atom. The minimum atomic E-state index is -0.282. The smallest absolute Gasteiger partial charge is 0.259 e. The molecule has 0 radical (unpaired) electrons. The second-order valence-electron chi connectivity index (χ2n) is 6.44. The molecule has 0 aliphatic heterocycles. The predicted octanol–water partition coefficient (Wildman–Crippen LogP) is 4.20. The van der Waals surface area contributed by atoms with E-state index in [-0.39, 0.29) is 5.91 Å². The second-order valence-corrected chi connectivity index (χ2v) is 6.44. The van der Waals surface area contributed by atoms with Crippen LogP contribution < -0.4 is 14.8 Å². The number of rotatable bonds is 6. The number of hydrogen-bond acceptors (Lipinski definition) is 5. The van der Waals surface area contributed by atoms with Gasteiger partial charge in [-0.3, -0.25) is 4.79 Å². The van der Waals surface area contributed by atoms with E-state index in [1.54, 1.807) is 43.4 Å². The number of nitrogens with zero attached hydrogens (tertiary/aromatic N) is 3. The molecule has 7 heteroatoms. The first-order chi connectivity index (χ1) is 14.7. The molecular weight excluding hydrogens is 380 g/mol. The maximum Gasteiger partial charge on any atom is 0.259 e. The van der Waals surface area contributed by atoms with Crippen LogP contribution in [0.1, 0.15) is 10.4 Å². The molecule has 2 aromatic carbocycles. The number of pyridine rings is 1. The van der Waals surface area contributed by atoms with Crippen molar-refractivity contribution >= 4 is 11.6 Å². The molecule has 4 rings (SSSR count). The summed E-state index contributed by atoms with van der Waals surface area (Å²) in [7, 11) is 3.15. The van der Waals surface area contributed by atoms with Gasteiger partial charge in [0.25, 0.3) is 5.91 Å². The molecule has 0 unspecified atom stereocenters. The minimum Gasteiger partial charge on any atom is -0.497 e. The molecule has 30 heavy (non-hydrogen) atoms. The first-order valence-electron chi connectivity index (χ1n) is 9.29. The van der Waals surface area contributed by atoms with E-state index in [0.29, 0.717) is 22.8 Å². The fourth-order valence-electron chi connectivity index (χ4n) is 2.99. The van der Waals surface area contributed by atoms with Crippen LogP contribution in [0.5, 0.6) is 11.6 Å². The number of hydrogen-bond donors (Lipinski definition) is 1. The van der Waals surface area contributed by atoms with Crippen LogP contribution in [0.4, 0.5) is 5.69 Å². The van der Waals surface area contributed by atoms with Crippen molar-refractivity contribution in [2.24, 2.45) is 0 Å². The topological polar surface area (TPSA) is 78.3 Å². The van der Waals surface area contributed by atoms with Gasteiger partial charge in [-0.25, -0.2) is 9.67 Å². The van der Waals surface area contributed by atoms with Crippen LogP contribution >= 0.6 is 0 Å². The van der Waals surface area contributed by atoms with Gasteiger partial charge >= 0.3 is 0 Å². The second kappa shape index (κ2) is 8.48. The third-order valence-corrected chi connectivity index (χ3v) is 4.55. The molecule has 0 bridgehead atoms. The molecule has 2 heterocycles. The molecule has 0 aliphatic carbocycles. The molecule has 1 amide bonds. The lowest BCUT2D eigenvalue weighted by molar-refractivity contribution is 0.102. The van der Waals surface area contributed by atoms with Crippen LogP contribution in [0, 0.1) is 0 Å². The number of carbonyl (C=O) groups is 1. The highest BCUT2D eigenvalue weighted by atomic mass is 16.5. The van der Waals surface area contributed by atoms with Crippen molar-refractivity contribution in [1.82, 2.24) is 14.8 Å². The Kier molecular flexibility index (Phi) is 5.43. The molecule has 0 aliphatic rings. The third-order valence-electron chi connectivity index (χ3n) is 4.55. The van der Waals surface area contributed by atoms with Crippen molar-refractivity contribution in [3.8, 4) is 28.6 Å². The zero-order valence-corrected chi connectivity index (χ0v) is 16.6. The first-order valence-corrected chi connectivity index (χ1v) is 9.29. The fraction of sp³-hybridized carbons (Fsp3) is 0.0870. The lowest BCUT2D eigenvalue weighted by Gasteiger charge is -2.06. The number of carbonyl (C=O) groups excluding carboxylic acids is 1. The number of methoxy groups -OCH3 is 2. The zero-order chi connectivity index (χ0) is 20.9. The number of amides is 1. The van der Waals surface area contributed by atoms with Crippen molar-refractivity contribution in [2.75, 3.05) is 19.5 Å². The lowest BCUT2D eigenvalue weighted by Crippen LogP contribution is -2.12. The average Bonchev–Trinajstić information content (AvgIpc) is 3.26. The highest BCUT2D eigenvalue weighted by Gasteiger charge is 2.19. The van der Waals surface area contributed by atoms with E-state index in [1.165, 1.54) is 0 Å². The molecule has 0 atom stereocenters. The first kappa shape index (κ1) is 19.2. The Balaban J connectivity index is 1.71. The van der Waals surface area contributed by atoms with E-state index >= 15 is 0 Å². The van der Waals surface area contributed by atoms with Gasteiger partial charge < -0.3 is 14.8 Å². The SMILES string of the molecule is COc1ccc(-c2nn(-c3ccccc3)cc2C(=O)Nc2ccc(OC)nc2)cc1. The summed E-state index contributed by atoms with van der Waals surface area (Å²) in [5, 5.41) is 7.55. The largest absolute Gasteiger partial charge is 0.497 e. The highest BCUT2D eigenvalue weighted by molar-refractivity contribution is 6.08. The van der Waals surface area contributed by atoms with E-state index in [4.69, 9.17) is 9.47 Å². The molecule has 0 fully saturated rings. The van der Waals surface area contributed by atoms with E-state index in [0.717, 1.165) is 17.0 Å². The van der Waals surface area contributed by atoms with Crippen molar-refractivity contribution in [1.29, 1.82) is 0 Å². The lowest BCUT2D eigenvalue weighted by atomic mass is 10.1. The number of aromatic nitrogens is 3. The Morgan fingerprint density at radius 2 is 1.70 bits per heavy atom. The Morgan fingerprint density at radius 3 is 2.33 bits per heavy atom. The number of ether oxygens (including phenoxy) is 2. The quantitative estimate of drug-likeness (QED) is 0.525. The summed E-state index contributed by atoms with van der Waals surface area (Å²) >= 11 is 0. The van der Waals surface area contributed by atoms with E-state index in [2.05, 4.69) is 15.4 Å². The predicted molar refractivity (Wildman–Crippen MR) is 114 cm³/mol. The highest BCUT2D eigenvalue weighted by Crippen LogP contribution is 2.26. The molecule has 1 N–H and O–H groups in total. The summed E-state index contributed by atoms with van der Waals surface area (Å²) in [5.74, 6) is 0.926. The van der Waals surface area contributed by atoms with Crippen LogP contribution in [-0.4, -0.2) is 34.9 Å². The van der Waals surface area contributed by atoms with Crippen LogP contribution in [0.25, 0.3) is 16.9 Å². The number of anilines is 1. The maximum absolute atomic E-state index is 13.1. The van der Waals surface area contributed by atoms with Gasteiger partial charge in [0.2, 0.25) is 5.88 Å². The Labute approximate surface area is 173 Å². The summed E-state index contributed by atoms with van der Waals surface area (Å²) in [4.78, 5) is 17.2. The minimum absolute atomic E-state index is 0.282. The van der Waals surface area contributed by atoms with Gasteiger partial charge in [-0.05, 0) is 42.5 Å². The molecule has 0 spiro atoms. The number of para-hydroxylation sites is 1. The maximum atomic E-state index is 13.1. The van der Waals surface area contributed by atoms with Gasteiger partial charge in [0.15, 0.2) is 0 Å². The van der Waals surface area contributed by atoms with Crippen LogP contribution in [-0.2, 0) is 0 Å². The van der Waals surface area contributed by atoms with Gasteiger partial charge in [-0.15, -0.1) is 0 Å². The fourth-order valence-corrected chi connectivity index (χ4v) is 2.99. The normalized spacial score (nSPS) is 10.5. The molecule has 0 saturated heterocycles. The van der Waals surface area contributed by atoms with Crippen molar-refractivity contribution in [2.45, 2.75) is 0 Å². The summed E-state index contributed by atoms with van der Waals surface area (Å²) < 4.78 is 12.0. The van der Waals surface area contributed by atoms with E-state index in [9.17, 15) is 4.79 Å². The van der Waals surface area contributed by atoms with Crippen molar-refractivity contribution < 1.29 is 14.3 Å². The third kappa shape index (κ3) is 4.00. The summed E-state index contributed by atoms with van der Waals surface area (Å²) in [6, 6.07) is 20.5. The van der Waals surface area contributed by atoms with Gasteiger partial charge in [0.05, 0.1) is 37.4 Å². The van der Waals surface area contributed by atoms with Gasteiger partial charge in [0, 0.05) is 17.8 Å². The molecular formula is C23H20N4O3. The molecule has 2 aromatic heterocycles. The van der Waals surface area contributed by atoms with Gasteiger partial charge in [-0.2, -0.15) is 5.10 Å². The van der Waals surface area contributed by atoms with Crippen LogP contribution in [0.15, 0.2) is 79.1 Å². The van der Waals surface area contributed by atoms with Crippen molar-refractivity contribution in [3.63, 3.8) is 0 Å². The van der Waals surface area contributed by atoms with Gasteiger partial charge in [0.1, 0.15) is 11.4 Å². The van der Waals surface area contributed by atoms with E-state index in [1.807, 2.05) is 54.6 Å². The standard InChI is InChI=1S/C23H20N4O3/c1-29-19-11-8-16(9-12-19)22-20(15-27(26-22)18-6-4-3-5-7-18)23(28)25-17-10-13-21(30-2)24-14-17/h3-15H,1-2H3,(H,25,28). The molecule has 7 nitrogen and oxygen atoms in total. The Bertz CT molecular complexity index is 1140.